The van der Waals surface area contributed by atoms with Crippen LogP contribution < -0.4 is 0 Å². The van der Waals surface area contributed by atoms with Gasteiger partial charge in [-0.2, -0.15) is 0 Å². The van der Waals surface area contributed by atoms with Gasteiger partial charge in [0.2, 0.25) is 11.8 Å². The van der Waals surface area contributed by atoms with Crippen LogP contribution in [0.4, 0.5) is 0 Å². The minimum Gasteiger partial charge on any atom is -0.335 e. The zero-order chi connectivity index (χ0) is 12.3. The molecule has 1 fully saturated rings. The Balaban J connectivity index is 2.70. The van der Waals surface area contributed by atoms with E-state index in [4.69, 9.17) is 23.2 Å². The third-order valence-corrected chi connectivity index (χ3v) is 3.31. The van der Waals surface area contributed by atoms with Gasteiger partial charge in [0.15, 0.2) is 0 Å². The lowest BCUT2D eigenvalue weighted by atomic mass is 10.1. The van der Waals surface area contributed by atoms with Gasteiger partial charge in [0.25, 0.3) is 0 Å². The number of hydrogen-bond donors (Lipinski definition) is 0. The second-order valence-electron chi connectivity index (χ2n) is 4.06. The predicted octanol–water partition coefficient (Wildman–Crippen LogP) is 0.912. The fourth-order valence-corrected chi connectivity index (χ4v) is 2.28. The molecule has 6 heteroatoms. The average molecular weight is 267 g/mol. The quantitative estimate of drug-likeness (QED) is 0.698. The van der Waals surface area contributed by atoms with Gasteiger partial charge >= 0.3 is 0 Å². The summed E-state index contributed by atoms with van der Waals surface area (Å²) < 4.78 is 0. The molecule has 1 saturated heterocycles. The van der Waals surface area contributed by atoms with Crippen molar-refractivity contribution in [2.45, 2.75) is 25.9 Å². The van der Waals surface area contributed by atoms with Crippen LogP contribution in [0.15, 0.2) is 0 Å². The molecule has 2 atom stereocenters. The first-order chi connectivity index (χ1) is 7.51. The van der Waals surface area contributed by atoms with Crippen LogP contribution in [0.2, 0.25) is 0 Å². The number of carbonyl (C=O) groups is 2. The van der Waals surface area contributed by atoms with Crippen molar-refractivity contribution in [2.75, 3.05) is 24.8 Å². The van der Waals surface area contributed by atoms with Crippen molar-refractivity contribution in [1.82, 2.24) is 9.80 Å². The molecule has 0 saturated carbocycles. The van der Waals surface area contributed by atoms with Crippen molar-refractivity contribution in [3.05, 3.63) is 0 Å². The van der Waals surface area contributed by atoms with E-state index in [1.54, 1.807) is 9.80 Å². The molecule has 1 rings (SSSR count). The van der Waals surface area contributed by atoms with E-state index in [0.29, 0.717) is 13.1 Å². The second kappa shape index (κ2) is 5.73. The molecule has 0 spiro atoms. The molecule has 92 valence electrons. The van der Waals surface area contributed by atoms with Gasteiger partial charge in [-0.1, -0.05) is 0 Å². The highest BCUT2D eigenvalue weighted by molar-refractivity contribution is 6.27. The number of hydrogen-bond acceptors (Lipinski definition) is 2. The van der Waals surface area contributed by atoms with E-state index in [1.807, 2.05) is 13.8 Å². The molecule has 0 aromatic heterocycles. The third-order valence-electron chi connectivity index (χ3n) is 2.86. The monoisotopic (exact) mass is 266 g/mol. The van der Waals surface area contributed by atoms with Gasteiger partial charge in [-0.05, 0) is 13.8 Å². The minimum atomic E-state index is -0.0843. The van der Waals surface area contributed by atoms with Crippen LogP contribution in [0.3, 0.4) is 0 Å². The molecule has 16 heavy (non-hydrogen) atoms. The van der Waals surface area contributed by atoms with Crippen LogP contribution in [0.5, 0.6) is 0 Å². The lowest BCUT2D eigenvalue weighted by Gasteiger charge is -2.43. The molecule has 1 heterocycles. The SMILES string of the molecule is C[C@@H]1CN(C(=O)CCl)[C@@H](C)CN1C(=O)CCl. The summed E-state index contributed by atoms with van der Waals surface area (Å²) in [6.07, 6.45) is 0. The Morgan fingerprint density at radius 3 is 1.56 bits per heavy atom. The number of amides is 2. The van der Waals surface area contributed by atoms with Gasteiger partial charge in [0, 0.05) is 25.2 Å². The van der Waals surface area contributed by atoms with Crippen LogP contribution in [-0.2, 0) is 9.59 Å². The molecule has 4 nitrogen and oxygen atoms in total. The average Bonchev–Trinajstić information content (AvgIpc) is 2.29. The lowest BCUT2D eigenvalue weighted by molar-refractivity contribution is -0.142. The van der Waals surface area contributed by atoms with E-state index in [2.05, 4.69) is 0 Å². The fraction of sp³-hybridized carbons (Fsp3) is 0.800. The molecule has 0 radical (unpaired) electrons. The highest BCUT2D eigenvalue weighted by atomic mass is 35.5. The van der Waals surface area contributed by atoms with E-state index in [1.165, 1.54) is 0 Å². The molecule has 0 unspecified atom stereocenters. The first-order valence-electron chi connectivity index (χ1n) is 5.22. The lowest BCUT2D eigenvalue weighted by Crippen LogP contribution is -2.60. The molecular formula is C10H16Cl2N2O2. The van der Waals surface area contributed by atoms with Crippen molar-refractivity contribution in [1.29, 1.82) is 0 Å². The zero-order valence-electron chi connectivity index (χ0n) is 9.45. The Bertz CT molecular complexity index is 258. The van der Waals surface area contributed by atoms with Crippen LogP contribution >= 0.6 is 23.2 Å². The van der Waals surface area contributed by atoms with Crippen molar-refractivity contribution >= 4 is 35.0 Å². The molecule has 0 N–H and O–H groups in total. The maximum Gasteiger partial charge on any atom is 0.237 e. The molecule has 0 bridgehead atoms. The maximum atomic E-state index is 11.5. The first-order valence-corrected chi connectivity index (χ1v) is 6.29. The van der Waals surface area contributed by atoms with E-state index in [-0.39, 0.29) is 35.7 Å². The summed E-state index contributed by atoms with van der Waals surface area (Å²) in [6.45, 7) is 4.86. The van der Waals surface area contributed by atoms with E-state index >= 15 is 0 Å². The van der Waals surface area contributed by atoms with Crippen LogP contribution in [0, 0.1) is 0 Å². The number of carbonyl (C=O) groups excluding carboxylic acids is 2. The molecule has 2 amide bonds. The highest BCUT2D eigenvalue weighted by Crippen LogP contribution is 2.16. The Kier molecular flexibility index (Phi) is 4.87. The topological polar surface area (TPSA) is 40.6 Å². The molecule has 0 aliphatic carbocycles. The van der Waals surface area contributed by atoms with E-state index < -0.39 is 0 Å². The molecular weight excluding hydrogens is 251 g/mol. The summed E-state index contributed by atoms with van der Waals surface area (Å²) in [5.74, 6) is -0.195. The highest BCUT2D eigenvalue weighted by Gasteiger charge is 2.33. The van der Waals surface area contributed by atoms with Crippen molar-refractivity contribution in [3.63, 3.8) is 0 Å². The Hall–Kier alpha value is -0.480. The van der Waals surface area contributed by atoms with Crippen LogP contribution in [0.25, 0.3) is 0 Å². The Morgan fingerprint density at radius 1 is 1.00 bits per heavy atom. The number of nitrogens with zero attached hydrogens (tertiary/aromatic N) is 2. The predicted molar refractivity (Wildman–Crippen MR) is 63.8 cm³/mol. The number of alkyl halides is 2. The summed E-state index contributed by atoms with van der Waals surface area (Å²) >= 11 is 11.1. The third kappa shape index (κ3) is 2.80. The van der Waals surface area contributed by atoms with Gasteiger partial charge in [-0.25, -0.2) is 0 Å². The molecule has 1 aliphatic heterocycles. The largest absolute Gasteiger partial charge is 0.335 e. The van der Waals surface area contributed by atoms with Crippen molar-refractivity contribution in [2.24, 2.45) is 0 Å². The number of piperazine rings is 1. The number of halogens is 2. The van der Waals surface area contributed by atoms with Gasteiger partial charge in [-0.15, -0.1) is 23.2 Å². The minimum absolute atomic E-state index is 0.00498. The van der Waals surface area contributed by atoms with Gasteiger partial charge in [0.05, 0.1) is 0 Å². The maximum absolute atomic E-state index is 11.5. The summed E-state index contributed by atoms with van der Waals surface area (Å²) in [5, 5.41) is 0. The summed E-state index contributed by atoms with van der Waals surface area (Å²) in [5.41, 5.74) is 0. The fourth-order valence-electron chi connectivity index (χ4n) is 1.98. The van der Waals surface area contributed by atoms with Gasteiger partial charge in [-0.3, -0.25) is 9.59 Å². The van der Waals surface area contributed by atoms with E-state index in [0.717, 1.165) is 0 Å². The standard InChI is InChI=1S/C10H16Cl2N2O2/c1-7-5-14(10(16)4-12)8(2)6-13(7)9(15)3-11/h7-8H,3-6H2,1-2H3/t7-,8+. The molecule has 0 aromatic rings. The smallest absolute Gasteiger partial charge is 0.237 e. The van der Waals surface area contributed by atoms with Gasteiger partial charge in [0.1, 0.15) is 11.8 Å². The molecule has 1 aliphatic rings. The van der Waals surface area contributed by atoms with E-state index in [9.17, 15) is 9.59 Å². The Labute approximate surface area is 105 Å². The summed E-state index contributed by atoms with van der Waals surface area (Å²) in [4.78, 5) is 26.5. The second-order valence-corrected chi connectivity index (χ2v) is 4.59. The van der Waals surface area contributed by atoms with Crippen LogP contribution in [0.1, 0.15) is 13.8 Å². The van der Waals surface area contributed by atoms with Crippen molar-refractivity contribution in [3.8, 4) is 0 Å². The summed E-state index contributed by atoms with van der Waals surface area (Å²) in [6, 6.07) is -0.00997. The first kappa shape index (κ1) is 13.6. The zero-order valence-corrected chi connectivity index (χ0v) is 11.0. The van der Waals surface area contributed by atoms with Crippen LogP contribution in [-0.4, -0.2) is 58.5 Å². The Morgan fingerprint density at radius 2 is 1.31 bits per heavy atom. The summed E-state index contributed by atoms with van der Waals surface area (Å²) in [7, 11) is 0. The van der Waals surface area contributed by atoms with Crippen molar-refractivity contribution < 1.29 is 9.59 Å². The molecule has 0 aromatic carbocycles. The van der Waals surface area contributed by atoms with Gasteiger partial charge < -0.3 is 9.80 Å². The normalized spacial score (nSPS) is 25.8. The number of rotatable bonds is 2.